The van der Waals surface area contributed by atoms with Crippen molar-refractivity contribution >= 4 is 56.7 Å². The fraction of sp³-hybridized carbons (Fsp3) is 0.238. The summed E-state index contributed by atoms with van der Waals surface area (Å²) in [5, 5.41) is 5.44. The molecule has 1 N–H and O–H groups in total. The van der Waals surface area contributed by atoms with Crippen molar-refractivity contribution in [3.8, 4) is 0 Å². The van der Waals surface area contributed by atoms with Gasteiger partial charge >= 0.3 is 0 Å². The molecule has 4 rings (SSSR count). The van der Waals surface area contributed by atoms with Gasteiger partial charge in [0.15, 0.2) is 0 Å². The lowest BCUT2D eigenvalue weighted by molar-refractivity contribution is 0.0968. The summed E-state index contributed by atoms with van der Waals surface area (Å²) in [6, 6.07) is 11.9. The van der Waals surface area contributed by atoms with E-state index in [1.807, 2.05) is 40.8 Å². The zero-order chi connectivity index (χ0) is 19.7. The Morgan fingerprint density at radius 1 is 1.29 bits per heavy atom. The van der Waals surface area contributed by atoms with Gasteiger partial charge in [0.05, 0.1) is 16.6 Å². The predicted molar refractivity (Wildman–Crippen MR) is 119 cm³/mol. The summed E-state index contributed by atoms with van der Waals surface area (Å²) in [5.74, 6) is -0.459. The van der Waals surface area contributed by atoms with Crippen molar-refractivity contribution in [3.63, 3.8) is 0 Å². The second-order valence-electron chi connectivity index (χ2n) is 6.77. The number of carbonyl (C=O) groups is 1. The van der Waals surface area contributed by atoms with Crippen LogP contribution in [0.1, 0.15) is 23.2 Å². The molecule has 0 bridgehead atoms. The first kappa shape index (κ1) is 19.5. The number of benzene rings is 2. The van der Waals surface area contributed by atoms with Gasteiger partial charge in [-0.1, -0.05) is 23.7 Å². The van der Waals surface area contributed by atoms with E-state index in [4.69, 9.17) is 11.6 Å². The highest BCUT2D eigenvalue weighted by molar-refractivity contribution is 14.1. The minimum absolute atomic E-state index is 0.0387. The van der Waals surface area contributed by atoms with Gasteiger partial charge in [-0.15, -0.1) is 0 Å². The van der Waals surface area contributed by atoms with Crippen LogP contribution in [-0.2, 0) is 0 Å². The molecule has 1 aliphatic rings. The first-order valence-electron chi connectivity index (χ1n) is 9.09. The van der Waals surface area contributed by atoms with E-state index in [1.165, 1.54) is 12.1 Å². The van der Waals surface area contributed by atoms with Crippen molar-refractivity contribution in [2.75, 3.05) is 18.0 Å². The van der Waals surface area contributed by atoms with Gasteiger partial charge in [-0.05, 0) is 77.7 Å². The Balaban J connectivity index is 1.89. The normalized spacial score (nSPS) is 16.9. The van der Waals surface area contributed by atoms with Gasteiger partial charge in [0.2, 0.25) is 0 Å². The third kappa shape index (κ3) is 3.73. The molecule has 1 atom stereocenters. The molecule has 1 amide bonds. The first-order valence-corrected chi connectivity index (χ1v) is 10.5. The van der Waals surface area contributed by atoms with Crippen LogP contribution in [-0.4, -0.2) is 30.0 Å². The topological polar surface area (TPSA) is 45.2 Å². The number of piperidine rings is 1. The van der Waals surface area contributed by atoms with Crippen molar-refractivity contribution in [1.82, 2.24) is 10.3 Å². The fourth-order valence-corrected chi connectivity index (χ4v) is 4.35. The Bertz CT molecular complexity index is 1030. The Kier molecular flexibility index (Phi) is 5.80. The van der Waals surface area contributed by atoms with Crippen LogP contribution in [0, 0.1) is 9.39 Å². The number of hydrogen-bond acceptors (Lipinski definition) is 3. The standard InChI is InChI=1S/C21H18ClFIN3O/c22-17-5-1-3-13-8-10-26-20(19(13)17)27(15-4-2-9-25-12-15)21(28)16-7-6-14(24)11-18(16)23/h1,3,5-8,10-11,15,25H,2,4,9,12H2. The van der Waals surface area contributed by atoms with Crippen LogP contribution in [0.4, 0.5) is 10.2 Å². The summed E-state index contributed by atoms with van der Waals surface area (Å²) in [6.07, 6.45) is 3.41. The van der Waals surface area contributed by atoms with Gasteiger partial charge in [-0.25, -0.2) is 9.37 Å². The minimum Gasteiger partial charge on any atom is -0.315 e. The molecule has 7 heteroatoms. The molecule has 2 heterocycles. The molecule has 1 unspecified atom stereocenters. The smallest absolute Gasteiger partial charge is 0.262 e. The number of hydrogen-bond donors (Lipinski definition) is 1. The Labute approximate surface area is 181 Å². The number of amides is 1. The van der Waals surface area contributed by atoms with Crippen molar-refractivity contribution in [1.29, 1.82) is 0 Å². The quantitative estimate of drug-likeness (QED) is 0.504. The molecule has 2 aromatic carbocycles. The van der Waals surface area contributed by atoms with Crippen molar-refractivity contribution in [2.24, 2.45) is 0 Å². The largest absolute Gasteiger partial charge is 0.315 e. The number of anilines is 1. The third-order valence-electron chi connectivity index (χ3n) is 4.96. The highest BCUT2D eigenvalue weighted by atomic mass is 127. The summed E-state index contributed by atoms with van der Waals surface area (Å²) in [7, 11) is 0. The molecule has 1 aliphatic heterocycles. The summed E-state index contributed by atoms with van der Waals surface area (Å²) in [6.45, 7) is 1.53. The Morgan fingerprint density at radius 2 is 2.14 bits per heavy atom. The van der Waals surface area contributed by atoms with E-state index in [0.29, 0.717) is 22.8 Å². The monoisotopic (exact) mass is 509 g/mol. The molecule has 0 radical (unpaired) electrons. The maximum absolute atomic E-state index is 14.6. The maximum atomic E-state index is 14.6. The van der Waals surface area contributed by atoms with Crippen LogP contribution in [0.3, 0.4) is 0 Å². The van der Waals surface area contributed by atoms with E-state index in [1.54, 1.807) is 23.2 Å². The molecule has 1 fully saturated rings. The zero-order valence-corrected chi connectivity index (χ0v) is 17.9. The molecule has 4 nitrogen and oxygen atoms in total. The summed E-state index contributed by atoms with van der Waals surface area (Å²) in [4.78, 5) is 19.6. The van der Waals surface area contributed by atoms with Gasteiger partial charge in [-0.3, -0.25) is 9.69 Å². The third-order valence-corrected chi connectivity index (χ3v) is 5.95. The average Bonchev–Trinajstić information content (AvgIpc) is 2.69. The minimum atomic E-state index is -0.531. The summed E-state index contributed by atoms with van der Waals surface area (Å²) < 4.78 is 15.4. The van der Waals surface area contributed by atoms with Crippen LogP contribution in [0.15, 0.2) is 48.7 Å². The summed E-state index contributed by atoms with van der Waals surface area (Å²) in [5.41, 5.74) is 0.0387. The predicted octanol–water partition coefficient (Wildman–Crippen LogP) is 5.03. The van der Waals surface area contributed by atoms with Gasteiger partial charge in [0, 0.05) is 21.7 Å². The molecule has 3 aromatic rings. The van der Waals surface area contributed by atoms with Crippen molar-refractivity contribution in [3.05, 3.63) is 68.6 Å². The molecule has 0 spiro atoms. The van der Waals surface area contributed by atoms with E-state index in [0.717, 1.165) is 28.3 Å². The highest BCUT2D eigenvalue weighted by Gasteiger charge is 2.31. The lowest BCUT2D eigenvalue weighted by Crippen LogP contribution is -2.49. The SMILES string of the molecule is O=C(c1ccc(I)cc1F)N(c1nccc2cccc(Cl)c12)C1CCCNC1. The summed E-state index contributed by atoms with van der Waals surface area (Å²) >= 11 is 8.51. The van der Waals surface area contributed by atoms with Crippen molar-refractivity contribution in [2.45, 2.75) is 18.9 Å². The van der Waals surface area contributed by atoms with Crippen LogP contribution in [0.25, 0.3) is 10.8 Å². The van der Waals surface area contributed by atoms with E-state index < -0.39 is 11.7 Å². The molecule has 1 aromatic heterocycles. The number of rotatable bonds is 3. The molecule has 1 saturated heterocycles. The zero-order valence-electron chi connectivity index (χ0n) is 15.0. The number of pyridine rings is 1. The Morgan fingerprint density at radius 3 is 2.89 bits per heavy atom. The molecule has 144 valence electrons. The highest BCUT2D eigenvalue weighted by Crippen LogP contribution is 2.34. The van der Waals surface area contributed by atoms with Crippen LogP contribution >= 0.6 is 34.2 Å². The van der Waals surface area contributed by atoms with Gasteiger partial charge in [-0.2, -0.15) is 0 Å². The second kappa shape index (κ2) is 8.31. The average molecular weight is 510 g/mol. The van der Waals surface area contributed by atoms with Gasteiger partial charge < -0.3 is 5.32 Å². The fourth-order valence-electron chi connectivity index (χ4n) is 3.63. The molecular formula is C21H18ClFIN3O. The molecule has 0 saturated carbocycles. The Hall–Kier alpha value is -1.77. The van der Waals surface area contributed by atoms with E-state index in [9.17, 15) is 9.18 Å². The van der Waals surface area contributed by atoms with Crippen LogP contribution in [0.5, 0.6) is 0 Å². The molecule has 0 aliphatic carbocycles. The first-order chi connectivity index (χ1) is 13.6. The van der Waals surface area contributed by atoms with Gasteiger partial charge in [0.25, 0.3) is 5.91 Å². The number of aromatic nitrogens is 1. The lowest BCUT2D eigenvalue weighted by Gasteiger charge is -2.34. The maximum Gasteiger partial charge on any atom is 0.262 e. The lowest BCUT2D eigenvalue weighted by atomic mass is 10.0. The number of nitrogens with zero attached hydrogens (tertiary/aromatic N) is 2. The number of carbonyl (C=O) groups excluding carboxylic acids is 1. The molecular weight excluding hydrogens is 492 g/mol. The van der Waals surface area contributed by atoms with E-state index in [-0.39, 0.29) is 11.6 Å². The number of nitrogens with one attached hydrogen (secondary N) is 1. The van der Waals surface area contributed by atoms with E-state index >= 15 is 0 Å². The van der Waals surface area contributed by atoms with Gasteiger partial charge in [0.1, 0.15) is 11.6 Å². The molecule has 28 heavy (non-hydrogen) atoms. The number of halogens is 3. The second-order valence-corrected chi connectivity index (χ2v) is 8.42. The van der Waals surface area contributed by atoms with Crippen LogP contribution < -0.4 is 10.2 Å². The van der Waals surface area contributed by atoms with Crippen molar-refractivity contribution < 1.29 is 9.18 Å². The van der Waals surface area contributed by atoms with Crippen LogP contribution in [0.2, 0.25) is 5.02 Å². The van der Waals surface area contributed by atoms with E-state index in [2.05, 4.69) is 10.3 Å². The number of fused-ring (bicyclic) bond motifs is 1.